The summed E-state index contributed by atoms with van der Waals surface area (Å²) >= 11 is 12.4. The fourth-order valence-electron chi connectivity index (χ4n) is 3.03. The van der Waals surface area contributed by atoms with Gasteiger partial charge >= 0.3 is 0 Å². The summed E-state index contributed by atoms with van der Waals surface area (Å²) in [6, 6.07) is 4.89. The van der Waals surface area contributed by atoms with Gasteiger partial charge in [-0.05, 0) is 31.9 Å². The Morgan fingerprint density at radius 2 is 1.83 bits per heavy atom. The lowest BCUT2D eigenvalue weighted by Crippen LogP contribution is -2.49. The van der Waals surface area contributed by atoms with Gasteiger partial charge in [0.2, 0.25) is 11.8 Å². The molecule has 1 atom stereocenters. The van der Waals surface area contributed by atoms with Crippen molar-refractivity contribution in [3.8, 4) is 0 Å². The zero-order valence-corrected chi connectivity index (χ0v) is 15.7. The summed E-state index contributed by atoms with van der Waals surface area (Å²) in [4.78, 5) is 26.5. The fraction of sp³-hybridized carbons (Fsp3) is 0.556. The molecule has 24 heavy (non-hydrogen) atoms. The first kappa shape index (κ1) is 19.1. The van der Waals surface area contributed by atoms with E-state index in [1.807, 2.05) is 0 Å². The number of amides is 2. The van der Waals surface area contributed by atoms with Crippen molar-refractivity contribution in [3.05, 3.63) is 33.8 Å². The molecule has 0 unspecified atom stereocenters. The molecule has 1 aliphatic rings. The Labute approximate surface area is 153 Å². The van der Waals surface area contributed by atoms with Gasteiger partial charge in [-0.25, -0.2) is 0 Å². The molecule has 1 aromatic carbocycles. The summed E-state index contributed by atoms with van der Waals surface area (Å²) in [5, 5.41) is 4.05. The summed E-state index contributed by atoms with van der Waals surface area (Å²) in [5.74, 6) is -0.216. The van der Waals surface area contributed by atoms with Crippen LogP contribution in [0.5, 0.6) is 0 Å². The Kier molecular flexibility index (Phi) is 6.93. The molecule has 0 heterocycles. The number of halogens is 2. The molecule has 0 aromatic heterocycles. The summed E-state index contributed by atoms with van der Waals surface area (Å²) in [6.07, 6.45) is 4.63. The van der Waals surface area contributed by atoms with Crippen LogP contribution in [-0.4, -0.2) is 28.8 Å². The molecule has 0 aliphatic heterocycles. The average molecular weight is 371 g/mol. The molecule has 1 N–H and O–H groups in total. The molecule has 0 radical (unpaired) electrons. The SMILES string of the molecule is CCC(=O)N(Cc1c(Cl)cccc1Cl)[C@@H](C)C(=O)NC1CCCC1. The fourth-order valence-corrected chi connectivity index (χ4v) is 3.55. The van der Waals surface area contributed by atoms with Crippen molar-refractivity contribution in [2.75, 3.05) is 0 Å². The lowest BCUT2D eigenvalue weighted by atomic mass is 10.1. The monoisotopic (exact) mass is 370 g/mol. The first-order valence-corrected chi connectivity index (χ1v) is 9.22. The van der Waals surface area contributed by atoms with Gasteiger partial charge in [0.05, 0.1) is 0 Å². The van der Waals surface area contributed by atoms with Gasteiger partial charge in [-0.15, -0.1) is 0 Å². The zero-order valence-electron chi connectivity index (χ0n) is 14.1. The second-order valence-electron chi connectivity index (χ2n) is 6.24. The van der Waals surface area contributed by atoms with Crippen molar-refractivity contribution in [2.24, 2.45) is 0 Å². The molecule has 1 aliphatic carbocycles. The van der Waals surface area contributed by atoms with E-state index in [0.717, 1.165) is 25.7 Å². The molecule has 2 rings (SSSR count). The molecule has 132 valence electrons. The Hall–Kier alpha value is -1.26. The van der Waals surface area contributed by atoms with Gasteiger partial charge in [0.1, 0.15) is 6.04 Å². The lowest BCUT2D eigenvalue weighted by molar-refractivity contribution is -0.140. The third-order valence-corrected chi connectivity index (χ3v) is 5.27. The molecule has 1 fully saturated rings. The summed E-state index contributed by atoms with van der Waals surface area (Å²) in [5.41, 5.74) is 0.670. The third kappa shape index (κ3) is 4.64. The number of hydrogen-bond acceptors (Lipinski definition) is 2. The summed E-state index contributed by atoms with van der Waals surface area (Å²) < 4.78 is 0. The van der Waals surface area contributed by atoms with Crippen LogP contribution < -0.4 is 5.32 Å². The van der Waals surface area contributed by atoms with Gasteiger partial charge in [-0.2, -0.15) is 0 Å². The highest BCUT2D eigenvalue weighted by Gasteiger charge is 2.28. The second-order valence-corrected chi connectivity index (χ2v) is 7.06. The van der Waals surface area contributed by atoms with E-state index in [4.69, 9.17) is 23.2 Å². The van der Waals surface area contributed by atoms with Crippen LogP contribution in [0, 0.1) is 0 Å². The van der Waals surface area contributed by atoms with Gasteiger partial charge in [0.15, 0.2) is 0 Å². The molecule has 4 nitrogen and oxygen atoms in total. The van der Waals surface area contributed by atoms with E-state index in [1.54, 1.807) is 36.9 Å². The van der Waals surface area contributed by atoms with Gasteiger partial charge < -0.3 is 10.2 Å². The van der Waals surface area contributed by atoms with Crippen molar-refractivity contribution in [2.45, 2.75) is 64.6 Å². The minimum absolute atomic E-state index is 0.0972. The number of hydrogen-bond donors (Lipinski definition) is 1. The van der Waals surface area contributed by atoms with E-state index in [9.17, 15) is 9.59 Å². The molecular formula is C18H24Cl2N2O2. The maximum absolute atomic E-state index is 12.5. The third-order valence-electron chi connectivity index (χ3n) is 4.56. The number of benzene rings is 1. The van der Waals surface area contributed by atoms with Gasteiger partial charge in [0, 0.05) is 34.6 Å². The number of nitrogens with one attached hydrogen (secondary N) is 1. The van der Waals surface area contributed by atoms with Crippen molar-refractivity contribution < 1.29 is 9.59 Å². The molecule has 2 amide bonds. The Bertz CT molecular complexity index is 580. The molecule has 1 saturated carbocycles. The molecule has 0 bridgehead atoms. The van der Waals surface area contributed by atoms with Crippen molar-refractivity contribution in [1.82, 2.24) is 10.2 Å². The number of carbonyl (C=O) groups excluding carboxylic acids is 2. The minimum atomic E-state index is -0.564. The maximum atomic E-state index is 12.5. The normalized spacial score (nSPS) is 16.0. The van der Waals surface area contributed by atoms with E-state index in [0.29, 0.717) is 22.0 Å². The van der Waals surface area contributed by atoms with Gasteiger partial charge in [-0.3, -0.25) is 9.59 Å². The van der Waals surface area contributed by atoms with E-state index >= 15 is 0 Å². The maximum Gasteiger partial charge on any atom is 0.242 e. The summed E-state index contributed by atoms with van der Waals surface area (Å²) in [7, 11) is 0. The smallest absolute Gasteiger partial charge is 0.242 e. The molecule has 1 aromatic rings. The van der Waals surface area contributed by atoms with Crippen LogP contribution in [0.25, 0.3) is 0 Å². The minimum Gasteiger partial charge on any atom is -0.352 e. The summed E-state index contributed by atoms with van der Waals surface area (Å²) in [6.45, 7) is 3.76. The molecular weight excluding hydrogens is 347 g/mol. The highest BCUT2D eigenvalue weighted by atomic mass is 35.5. The van der Waals surface area contributed by atoms with Crippen molar-refractivity contribution in [1.29, 1.82) is 0 Å². The van der Waals surface area contributed by atoms with Crippen molar-refractivity contribution >= 4 is 35.0 Å². The zero-order chi connectivity index (χ0) is 17.7. The van der Waals surface area contributed by atoms with Crippen LogP contribution in [0.3, 0.4) is 0 Å². The average Bonchev–Trinajstić information content (AvgIpc) is 3.06. The number of rotatable bonds is 6. The van der Waals surface area contributed by atoms with Crippen LogP contribution in [0.2, 0.25) is 10.0 Å². The van der Waals surface area contributed by atoms with Crippen LogP contribution in [0.4, 0.5) is 0 Å². The van der Waals surface area contributed by atoms with Crippen LogP contribution in [-0.2, 0) is 16.1 Å². The highest BCUT2D eigenvalue weighted by Crippen LogP contribution is 2.27. The number of carbonyl (C=O) groups is 2. The quantitative estimate of drug-likeness (QED) is 0.816. The Balaban J connectivity index is 2.15. The lowest BCUT2D eigenvalue weighted by Gasteiger charge is -2.30. The standard InChI is InChI=1S/C18H24Cl2N2O2/c1-3-17(23)22(11-14-15(19)9-6-10-16(14)20)12(2)18(24)21-13-7-4-5-8-13/h6,9-10,12-13H,3-5,7-8,11H2,1-2H3,(H,21,24)/t12-/m0/s1. The first-order valence-electron chi connectivity index (χ1n) is 8.46. The van der Waals surface area contributed by atoms with E-state index in [-0.39, 0.29) is 24.4 Å². The molecule has 6 heteroatoms. The van der Waals surface area contributed by atoms with Gasteiger partial charge in [-0.1, -0.05) is 49.0 Å². The Morgan fingerprint density at radius 3 is 2.38 bits per heavy atom. The first-order chi connectivity index (χ1) is 11.4. The highest BCUT2D eigenvalue weighted by molar-refractivity contribution is 6.36. The topological polar surface area (TPSA) is 49.4 Å². The van der Waals surface area contributed by atoms with E-state index in [2.05, 4.69) is 5.32 Å². The predicted molar refractivity (Wildman–Crippen MR) is 97.2 cm³/mol. The van der Waals surface area contributed by atoms with E-state index < -0.39 is 6.04 Å². The predicted octanol–water partition coefficient (Wildman–Crippen LogP) is 4.18. The Morgan fingerprint density at radius 1 is 1.25 bits per heavy atom. The second kappa shape index (κ2) is 8.72. The van der Waals surface area contributed by atoms with E-state index in [1.165, 1.54) is 0 Å². The van der Waals surface area contributed by atoms with Crippen LogP contribution in [0.1, 0.15) is 51.5 Å². The van der Waals surface area contributed by atoms with Crippen LogP contribution >= 0.6 is 23.2 Å². The largest absolute Gasteiger partial charge is 0.352 e. The number of nitrogens with zero attached hydrogens (tertiary/aromatic N) is 1. The van der Waals surface area contributed by atoms with Crippen molar-refractivity contribution in [3.63, 3.8) is 0 Å². The van der Waals surface area contributed by atoms with Gasteiger partial charge in [0.25, 0.3) is 0 Å². The van der Waals surface area contributed by atoms with Crippen LogP contribution in [0.15, 0.2) is 18.2 Å². The molecule has 0 spiro atoms. The molecule has 0 saturated heterocycles.